The van der Waals surface area contributed by atoms with Gasteiger partial charge < -0.3 is 0 Å². The van der Waals surface area contributed by atoms with Crippen molar-refractivity contribution in [1.82, 2.24) is 0 Å². The molecule has 0 fully saturated rings. The minimum Gasteiger partial charge on any atom is -0.231 e. The molecule has 2 rings (SSSR count). The van der Waals surface area contributed by atoms with Crippen LogP contribution in [0.3, 0.4) is 0 Å². The van der Waals surface area contributed by atoms with Crippen LogP contribution in [0.1, 0.15) is 5.56 Å². The number of hydrogen-bond acceptors (Lipinski definition) is 3. The van der Waals surface area contributed by atoms with Crippen LogP contribution in [0.4, 0.5) is 0 Å². The first-order valence-corrected chi connectivity index (χ1v) is 5.78. The Morgan fingerprint density at radius 3 is 2.75 bits per heavy atom. The zero-order chi connectivity index (χ0) is 8.55. The van der Waals surface area contributed by atoms with Crippen LogP contribution < -0.4 is 0 Å². The Hall–Kier alpha value is -0.480. The minimum absolute atomic E-state index is 0.239. The van der Waals surface area contributed by atoms with Crippen molar-refractivity contribution < 1.29 is 8.42 Å². The van der Waals surface area contributed by atoms with Crippen molar-refractivity contribution in [2.45, 2.75) is 15.9 Å². The SMILES string of the molecule is O=[SH](=O)C1Cc2ccccc2S1. The summed E-state index contributed by atoms with van der Waals surface area (Å²) >= 11 is 1.45. The fourth-order valence-corrected chi connectivity index (χ4v) is 3.33. The normalized spacial score (nSPS) is 21.2. The van der Waals surface area contributed by atoms with E-state index in [1.165, 1.54) is 11.8 Å². The van der Waals surface area contributed by atoms with Crippen molar-refractivity contribution in [2.75, 3.05) is 0 Å². The second-order valence-corrected chi connectivity index (χ2v) is 5.46. The van der Waals surface area contributed by atoms with E-state index in [0.717, 1.165) is 10.5 Å². The van der Waals surface area contributed by atoms with Crippen LogP contribution in [0.2, 0.25) is 0 Å². The monoisotopic (exact) mass is 200 g/mol. The molecule has 0 spiro atoms. The minimum atomic E-state index is -2.28. The molecule has 0 bridgehead atoms. The first-order chi connectivity index (χ1) is 5.77. The zero-order valence-corrected chi connectivity index (χ0v) is 7.98. The Labute approximate surface area is 76.9 Å². The summed E-state index contributed by atoms with van der Waals surface area (Å²) < 4.78 is 21.1. The lowest BCUT2D eigenvalue weighted by Gasteiger charge is -1.94. The van der Waals surface area contributed by atoms with Gasteiger partial charge in [0, 0.05) is 4.90 Å². The topological polar surface area (TPSA) is 34.1 Å². The first kappa shape index (κ1) is 8.13. The van der Waals surface area contributed by atoms with Crippen molar-refractivity contribution in [3.8, 4) is 0 Å². The maximum Gasteiger partial charge on any atom is 0.153 e. The maximum absolute atomic E-state index is 10.7. The van der Waals surface area contributed by atoms with Gasteiger partial charge in [0.05, 0.1) is 0 Å². The van der Waals surface area contributed by atoms with Gasteiger partial charge in [0.2, 0.25) is 0 Å². The molecular weight excluding hydrogens is 192 g/mol. The van der Waals surface area contributed by atoms with Gasteiger partial charge in [0.1, 0.15) is 4.58 Å². The molecule has 1 atom stereocenters. The molecule has 64 valence electrons. The van der Waals surface area contributed by atoms with E-state index in [-0.39, 0.29) is 4.58 Å². The van der Waals surface area contributed by atoms with Crippen LogP contribution in [-0.4, -0.2) is 13.0 Å². The summed E-state index contributed by atoms with van der Waals surface area (Å²) in [6.45, 7) is 0. The van der Waals surface area contributed by atoms with Gasteiger partial charge in [0.25, 0.3) is 0 Å². The summed E-state index contributed by atoms with van der Waals surface area (Å²) in [5.74, 6) is 0. The number of benzene rings is 1. The van der Waals surface area contributed by atoms with Gasteiger partial charge in [-0.1, -0.05) is 18.2 Å². The molecule has 1 aromatic carbocycles. The highest BCUT2D eigenvalue weighted by Crippen LogP contribution is 2.36. The van der Waals surface area contributed by atoms with Crippen LogP contribution in [0, 0.1) is 0 Å². The summed E-state index contributed by atoms with van der Waals surface area (Å²) in [6, 6.07) is 7.84. The summed E-state index contributed by atoms with van der Waals surface area (Å²) in [5.41, 5.74) is 1.16. The average Bonchev–Trinajstić information content (AvgIpc) is 2.46. The summed E-state index contributed by atoms with van der Waals surface area (Å²) in [7, 11) is -2.28. The van der Waals surface area contributed by atoms with Gasteiger partial charge in [-0.3, -0.25) is 0 Å². The molecule has 1 aromatic rings. The molecule has 4 heteroatoms. The molecular formula is C8H8O2S2. The molecule has 0 saturated heterocycles. The summed E-state index contributed by atoms with van der Waals surface area (Å²) in [5, 5.41) is 0. The van der Waals surface area contributed by atoms with E-state index >= 15 is 0 Å². The number of fused-ring (bicyclic) bond motifs is 1. The van der Waals surface area contributed by atoms with E-state index in [4.69, 9.17) is 0 Å². The quantitative estimate of drug-likeness (QED) is 0.693. The molecule has 12 heavy (non-hydrogen) atoms. The third-order valence-electron chi connectivity index (χ3n) is 1.87. The van der Waals surface area contributed by atoms with Crippen LogP contribution >= 0.6 is 11.8 Å². The third-order valence-corrected chi connectivity index (χ3v) is 4.44. The fraction of sp³-hybridized carbons (Fsp3) is 0.250. The van der Waals surface area contributed by atoms with E-state index < -0.39 is 10.7 Å². The van der Waals surface area contributed by atoms with E-state index in [9.17, 15) is 8.42 Å². The number of thioether (sulfide) groups is 1. The Bertz CT molecular complexity index is 338. The van der Waals surface area contributed by atoms with Crippen molar-refractivity contribution in [3.05, 3.63) is 29.8 Å². The van der Waals surface area contributed by atoms with Gasteiger partial charge in [-0.15, -0.1) is 11.8 Å². The van der Waals surface area contributed by atoms with Crippen molar-refractivity contribution in [2.24, 2.45) is 0 Å². The first-order valence-electron chi connectivity index (χ1n) is 3.65. The van der Waals surface area contributed by atoms with E-state index in [1.54, 1.807) is 0 Å². The molecule has 0 aliphatic carbocycles. The lowest BCUT2D eigenvalue weighted by atomic mass is 10.2. The predicted octanol–water partition coefficient (Wildman–Crippen LogP) is 1.27. The Balaban J connectivity index is 2.33. The van der Waals surface area contributed by atoms with Gasteiger partial charge in [-0.05, 0) is 18.1 Å². The molecule has 0 radical (unpaired) electrons. The standard InChI is InChI=1S/C8H8O2S2/c9-12(10)8-5-6-3-1-2-4-7(6)11-8/h1-4,8,12H,5H2. The summed E-state index contributed by atoms with van der Waals surface area (Å²) in [4.78, 5) is 1.11. The van der Waals surface area contributed by atoms with Crippen LogP contribution in [0.5, 0.6) is 0 Å². The van der Waals surface area contributed by atoms with E-state index in [0.29, 0.717) is 6.42 Å². The lowest BCUT2D eigenvalue weighted by molar-refractivity contribution is 0.612. The van der Waals surface area contributed by atoms with Gasteiger partial charge >= 0.3 is 0 Å². The smallest absolute Gasteiger partial charge is 0.153 e. The van der Waals surface area contributed by atoms with Gasteiger partial charge in [0.15, 0.2) is 10.7 Å². The molecule has 1 aliphatic heterocycles. The van der Waals surface area contributed by atoms with Crippen LogP contribution in [-0.2, 0) is 17.1 Å². The van der Waals surface area contributed by atoms with Crippen molar-refractivity contribution >= 4 is 22.5 Å². The maximum atomic E-state index is 10.7. The zero-order valence-electron chi connectivity index (χ0n) is 6.27. The fourth-order valence-electron chi connectivity index (χ4n) is 1.28. The molecule has 2 nitrogen and oxygen atoms in total. The lowest BCUT2D eigenvalue weighted by Crippen LogP contribution is -2.01. The molecule has 1 aliphatic rings. The molecule has 1 unspecified atom stereocenters. The van der Waals surface area contributed by atoms with Crippen molar-refractivity contribution in [3.63, 3.8) is 0 Å². The third kappa shape index (κ3) is 1.36. The molecule has 0 amide bonds. The Kier molecular flexibility index (Phi) is 2.11. The number of hydrogen-bond donors (Lipinski definition) is 1. The second kappa shape index (κ2) is 3.11. The van der Waals surface area contributed by atoms with E-state index in [1.807, 2.05) is 24.3 Å². The number of thiol groups is 1. The Morgan fingerprint density at radius 1 is 1.33 bits per heavy atom. The molecule has 0 saturated carbocycles. The van der Waals surface area contributed by atoms with Crippen LogP contribution in [0.15, 0.2) is 29.2 Å². The summed E-state index contributed by atoms with van der Waals surface area (Å²) in [6.07, 6.45) is 0.666. The highest BCUT2D eigenvalue weighted by molar-refractivity contribution is 8.08. The van der Waals surface area contributed by atoms with Crippen molar-refractivity contribution in [1.29, 1.82) is 0 Å². The molecule has 0 N–H and O–H groups in total. The predicted molar refractivity (Wildman–Crippen MR) is 50.1 cm³/mol. The highest BCUT2D eigenvalue weighted by Gasteiger charge is 2.23. The second-order valence-electron chi connectivity index (χ2n) is 2.67. The van der Waals surface area contributed by atoms with Gasteiger partial charge in [-0.2, -0.15) is 0 Å². The van der Waals surface area contributed by atoms with Crippen LogP contribution in [0.25, 0.3) is 0 Å². The van der Waals surface area contributed by atoms with Gasteiger partial charge in [-0.25, -0.2) is 8.42 Å². The largest absolute Gasteiger partial charge is 0.231 e. The molecule has 1 heterocycles. The number of rotatable bonds is 1. The average molecular weight is 200 g/mol. The van der Waals surface area contributed by atoms with E-state index in [2.05, 4.69) is 0 Å². The highest BCUT2D eigenvalue weighted by atomic mass is 32.2. The molecule has 0 aromatic heterocycles. The Morgan fingerprint density at radius 2 is 2.08 bits per heavy atom.